The maximum Gasteiger partial charge on any atom is 0.253 e. The topological polar surface area (TPSA) is 98.7 Å². The summed E-state index contributed by atoms with van der Waals surface area (Å²) in [5, 5.41) is 7.85. The van der Waals surface area contributed by atoms with E-state index in [1.54, 1.807) is 12.7 Å². The summed E-state index contributed by atoms with van der Waals surface area (Å²) in [7, 11) is 0. The van der Waals surface area contributed by atoms with Crippen molar-refractivity contribution in [3.8, 4) is 0 Å². The summed E-state index contributed by atoms with van der Waals surface area (Å²) in [5.74, 6) is -0.0477. The Labute approximate surface area is 142 Å². The van der Waals surface area contributed by atoms with E-state index in [0.717, 1.165) is 35.9 Å². The molecule has 124 valence electrons. The van der Waals surface area contributed by atoms with Gasteiger partial charge in [0, 0.05) is 6.04 Å². The number of carbonyl (C=O) groups is 1. The molecule has 0 bridgehead atoms. The van der Waals surface area contributed by atoms with Crippen molar-refractivity contribution in [2.45, 2.75) is 37.8 Å². The zero-order valence-electron chi connectivity index (χ0n) is 13.1. The Bertz CT molecular complexity index is 851. The first-order valence-electron chi connectivity index (χ1n) is 8.00. The predicted molar refractivity (Wildman–Crippen MR) is 92.8 cm³/mol. The van der Waals surface area contributed by atoms with Crippen LogP contribution in [-0.2, 0) is 0 Å². The SMILES string of the molecule is Nc1nc2cccc(C(=O)NC3CCC(n4cncn4)CC3)c2s1. The van der Waals surface area contributed by atoms with E-state index in [1.165, 1.54) is 11.3 Å². The molecule has 0 saturated heterocycles. The van der Waals surface area contributed by atoms with Gasteiger partial charge in [0.2, 0.25) is 0 Å². The quantitative estimate of drug-likeness (QED) is 0.761. The van der Waals surface area contributed by atoms with Crippen LogP contribution in [0.5, 0.6) is 0 Å². The summed E-state index contributed by atoms with van der Waals surface area (Å²) in [6.07, 6.45) is 7.19. The van der Waals surface area contributed by atoms with Gasteiger partial charge in [0.25, 0.3) is 5.91 Å². The molecule has 1 amide bonds. The molecule has 1 saturated carbocycles. The standard InChI is InChI=1S/C16H18N6OS/c17-16-21-13-3-1-2-12(14(13)24-16)15(23)20-10-4-6-11(7-5-10)22-9-18-8-19-22/h1-3,8-11H,4-7H2,(H2,17,21)(H,20,23). The van der Waals surface area contributed by atoms with Gasteiger partial charge in [0.15, 0.2) is 5.13 Å². The first-order chi connectivity index (χ1) is 11.7. The number of nitrogen functional groups attached to an aromatic ring is 1. The molecule has 0 spiro atoms. The fourth-order valence-corrected chi connectivity index (χ4v) is 4.14. The number of hydrogen-bond donors (Lipinski definition) is 2. The van der Waals surface area contributed by atoms with Gasteiger partial charge in [-0.1, -0.05) is 17.4 Å². The highest BCUT2D eigenvalue weighted by atomic mass is 32.1. The third-order valence-corrected chi connectivity index (χ3v) is 5.45. The molecule has 7 nitrogen and oxygen atoms in total. The Kier molecular flexibility index (Phi) is 3.89. The fourth-order valence-electron chi connectivity index (χ4n) is 3.30. The lowest BCUT2D eigenvalue weighted by molar-refractivity contribution is 0.0923. The number of fused-ring (bicyclic) bond motifs is 1. The van der Waals surface area contributed by atoms with Crippen LogP contribution in [0.25, 0.3) is 10.2 Å². The number of benzene rings is 1. The molecule has 24 heavy (non-hydrogen) atoms. The summed E-state index contributed by atoms with van der Waals surface area (Å²) in [4.78, 5) is 20.9. The van der Waals surface area contributed by atoms with E-state index >= 15 is 0 Å². The van der Waals surface area contributed by atoms with Crippen LogP contribution >= 0.6 is 11.3 Å². The van der Waals surface area contributed by atoms with Crippen LogP contribution in [0.4, 0.5) is 5.13 Å². The van der Waals surface area contributed by atoms with Crippen LogP contribution in [0.2, 0.25) is 0 Å². The molecular weight excluding hydrogens is 324 g/mol. The van der Waals surface area contributed by atoms with Gasteiger partial charge in [0.1, 0.15) is 12.7 Å². The van der Waals surface area contributed by atoms with Crippen LogP contribution < -0.4 is 11.1 Å². The van der Waals surface area contributed by atoms with Crippen molar-refractivity contribution >= 4 is 32.6 Å². The number of carbonyl (C=O) groups excluding carboxylic acids is 1. The molecule has 3 aromatic rings. The van der Waals surface area contributed by atoms with Crippen molar-refractivity contribution in [1.29, 1.82) is 0 Å². The average Bonchev–Trinajstić information content (AvgIpc) is 3.23. The lowest BCUT2D eigenvalue weighted by Crippen LogP contribution is -2.38. The number of nitrogens with one attached hydrogen (secondary N) is 1. The number of aromatic nitrogens is 4. The van der Waals surface area contributed by atoms with Gasteiger partial charge in [0.05, 0.1) is 21.8 Å². The average molecular weight is 342 g/mol. The van der Waals surface area contributed by atoms with Crippen molar-refractivity contribution in [2.24, 2.45) is 0 Å². The monoisotopic (exact) mass is 342 g/mol. The summed E-state index contributed by atoms with van der Waals surface area (Å²) < 4.78 is 2.77. The summed E-state index contributed by atoms with van der Waals surface area (Å²) in [6.45, 7) is 0. The molecule has 1 aromatic carbocycles. The van der Waals surface area contributed by atoms with E-state index in [2.05, 4.69) is 20.4 Å². The van der Waals surface area contributed by atoms with Crippen LogP contribution in [-0.4, -0.2) is 31.7 Å². The molecule has 1 aliphatic rings. The van der Waals surface area contributed by atoms with Crippen LogP contribution in [0.1, 0.15) is 42.1 Å². The molecule has 2 aromatic heterocycles. The molecule has 4 rings (SSSR count). The molecule has 2 heterocycles. The zero-order chi connectivity index (χ0) is 16.5. The van der Waals surface area contributed by atoms with Crippen LogP contribution in [0.15, 0.2) is 30.9 Å². The maximum absolute atomic E-state index is 12.6. The number of thiazole rings is 1. The first-order valence-corrected chi connectivity index (χ1v) is 8.82. The van der Waals surface area contributed by atoms with Gasteiger partial charge in [-0.3, -0.25) is 4.79 Å². The van der Waals surface area contributed by atoms with Gasteiger partial charge in [-0.2, -0.15) is 5.10 Å². The maximum atomic E-state index is 12.6. The number of hydrogen-bond acceptors (Lipinski definition) is 6. The minimum Gasteiger partial charge on any atom is -0.375 e. The summed E-state index contributed by atoms with van der Waals surface area (Å²) in [5.41, 5.74) is 7.20. The van der Waals surface area contributed by atoms with Crippen LogP contribution in [0, 0.1) is 0 Å². The van der Waals surface area contributed by atoms with E-state index in [-0.39, 0.29) is 11.9 Å². The number of nitrogens with zero attached hydrogens (tertiary/aromatic N) is 4. The predicted octanol–water partition coefficient (Wildman–Crippen LogP) is 2.38. The summed E-state index contributed by atoms with van der Waals surface area (Å²) >= 11 is 1.36. The van der Waals surface area contributed by atoms with Gasteiger partial charge in [-0.15, -0.1) is 0 Å². The number of anilines is 1. The minimum atomic E-state index is -0.0477. The molecule has 0 aliphatic heterocycles. The fraction of sp³-hybridized carbons (Fsp3) is 0.375. The molecule has 1 aliphatic carbocycles. The highest BCUT2D eigenvalue weighted by Crippen LogP contribution is 2.29. The number of nitrogens with two attached hydrogens (primary N) is 1. The Balaban J connectivity index is 1.43. The lowest BCUT2D eigenvalue weighted by atomic mass is 9.91. The largest absolute Gasteiger partial charge is 0.375 e. The van der Waals surface area contributed by atoms with Crippen molar-refractivity contribution in [3.05, 3.63) is 36.4 Å². The third-order valence-electron chi connectivity index (χ3n) is 4.52. The Morgan fingerprint density at radius 2 is 2.12 bits per heavy atom. The minimum absolute atomic E-state index is 0.0477. The molecule has 0 radical (unpaired) electrons. The summed E-state index contributed by atoms with van der Waals surface area (Å²) in [6, 6.07) is 6.12. The van der Waals surface area contributed by atoms with E-state index < -0.39 is 0 Å². The van der Waals surface area contributed by atoms with Gasteiger partial charge in [-0.25, -0.2) is 14.6 Å². The van der Waals surface area contributed by atoms with Gasteiger partial charge in [-0.05, 0) is 37.8 Å². The highest BCUT2D eigenvalue weighted by Gasteiger charge is 2.25. The van der Waals surface area contributed by atoms with Gasteiger partial charge < -0.3 is 11.1 Å². The number of amides is 1. The van der Waals surface area contributed by atoms with E-state index in [4.69, 9.17) is 5.73 Å². The van der Waals surface area contributed by atoms with Crippen molar-refractivity contribution < 1.29 is 4.79 Å². The molecule has 8 heteroatoms. The molecule has 0 unspecified atom stereocenters. The second-order valence-corrected chi connectivity index (χ2v) is 7.09. The molecule has 3 N–H and O–H groups in total. The molecule has 1 fully saturated rings. The Morgan fingerprint density at radius 3 is 2.88 bits per heavy atom. The van der Waals surface area contributed by atoms with Crippen molar-refractivity contribution in [2.75, 3.05) is 5.73 Å². The molecule has 0 atom stereocenters. The molecular formula is C16H18N6OS. The third kappa shape index (κ3) is 2.84. The van der Waals surface area contributed by atoms with Crippen LogP contribution in [0.3, 0.4) is 0 Å². The van der Waals surface area contributed by atoms with Gasteiger partial charge >= 0.3 is 0 Å². The second kappa shape index (κ2) is 6.20. The lowest BCUT2D eigenvalue weighted by Gasteiger charge is -2.29. The van der Waals surface area contributed by atoms with E-state index in [9.17, 15) is 4.79 Å². The first kappa shape index (κ1) is 15.1. The highest BCUT2D eigenvalue weighted by molar-refractivity contribution is 7.22. The second-order valence-electron chi connectivity index (χ2n) is 6.06. The normalized spacial score (nSPS) is 21.0. The number of rotatable bonds is 3. The zero-order valence-corrected chi connectivity index (χ0v) is 13.9. The smallest absolute Gasteiger partial charge is 0.253 e. The van der Waals surface area contributed by atoms with E-state index in [1.807, 2.05) is 22.9 Å². The van der Waals surface area contributed by atoms with Crippen molar-refractivity contribution in [1.82, 2.24) is 25.1 Å². The van der Waals surface area contributed by atoms with E-state index in [0.29, 0.717) is 16.7 Å². The Morgan fingerprint density at radius 1 is 1.29 bits per heavy atom. The van der Waals surface area contributed by atoms with Crippen molar-refractivity contribution in [3.63, 3.8) is 0 Å². The Hall–Kier alpha value is -2.48.